The monoisotopic (exact) mass is 299 g/mol. The molecule has 1 atom stereocenters. The van der Waals surface area contributed by atoms with Crippen molar-refractivity contribution < 1.29 is 13.9 Å². The minimum atomic E-state index is -0.362. The molecule has 1 aliphatic heterocycles. The van der Waals surface area contributed by atoms with Crippen molar-refractivity contribution in [1.82, 2.24) is 4.90 Å². The van der Waals surface area contributed by atoms with Gasteiger partial charge in [0.15, 0.2) is 0 Å². The summed E-state index contributed by atoms with van der Waals surface area (Å²) in [6, 6.07) is 4.35. The molecule has 0 saturated carbocycles. The first-order chi connectivity index (χ1) is 9.61. The van der Waals surface area contributed by atoms with Gasteiger partial charge in [-0.1, -0.05) is 17.7 Å². The van der Waals surface area contributed by atoms with Gasteiger partial charge in [0.1, 0.15) is 5.82 Å². The van der Waals surface area contributed by atoms with Crippen LogP contribution in [0, 0.1) is 5.82 Å². The van der Waals surface area contributed by atoms with E-state index in [0.29, 0.717) is 17.2 Å². The smallest absolute Gasteiger partial charge is 0.307 e. The van der Waals surface area contributed by atoms with Gasteiger partial charge in [-0.3, -0.25) is 9.69 Å². The maximum atomic E-state index is 14.1. The molecule has 1 fully saturated rings. The molecule has 110 valence electrons. The van der Waals surface area contributed by atoms with Gasteiger partial charge < -0.3 is 4.74 Å². The molecule has 0 amide bonds. The highest BCUT2D eigenvalue weighted by molar-refractivity contribution is 6.30. The number of hydrogen-bond donors (Lipinski definition) is 0. The molecular weight excluding hydrogens is 281 g/mol. The normalized spacial score (nSPS) is 17.1. The van der Waals surface area contributed by atoms with Crippen LogP contribution in [-0.2, 0) is 9.53 Å². The van der Waals surface area contributed by atoms with E-state index < -0.39 is 0 Å². The van der Waals surface area contributed by atoms with Crippen LogP contribution in [0.3, 0.4) is 0 Å². The molecule has 0 bridgehead atoms. The summed E-state index contributed by atoms with van der Waals surface area (Å²) < 4.78 is 19.1. The molecule has 20 heavy (non-hydrogen) atoms. The van der Waals surface area contributed by atoms with E-state index in [1.54, 1.807) is 19.1 Å². The topological polar surface area (TPSA) is 29.5 Å². The molecule has 5 heteroatoms. The number of nitrogens with zero attached hydrogens (tertiary/aromatic N) is 1. The lowest BCUT2D eigenvalue weighted by Gasteiger charge is -2.27. The summed E-state index contributed by atoms with van der Waals surface area (Å²) in [4.78, 5) is 13.9. The summed E-state index contributed by atoms with van der Waals surface area (Å²) >= 11 is 5.79. The van der Waals surface area contributed by atoms with Crippen LogP contribution in [0.5, 0.6) is 0 Å². The second-order valence-electron chi connectivity index (χ2n) is 4.93. The van der Waals surface area contributed by atoms with Crippen molar-refractivity contribution >= 4 is 17.6 Å². The molecule has 0 aliphatic carbocycles. The van der Waals surface area contributed by atoms with Gasteiger partial charge in [0.25, 0.3) is 0 Å². The summed E-state index contributed by atoms with van der Waals surface area (Å²) in [6.07, 6.45) is 2.33. The fourth-order valence-electron chi connectivity index (χ4n) is 2.64. The molecule has 3 nitrogen and oxygen atoms in total. The number of hydrogen-bond acceptors (Lipinski definition) is 3. The highest BCUT2D eigenvalue weighted by atomic mass is 35.5. The first kappa shape index (κ1) is 15.3. The maximum Gasteiger partial charge on any atom is 0.307 e. The summed E-state index contributed by atoms with van der Waals surface area (Å²) in [5, 5.41) is 0.363. The third kappa shape index (κ3) is 3.70. The fraction of sp³-hybridized carbons (Fsp3) is 0.533. The predicted molar refractivity (Wildman–Crippen MR) is 76.2 cm³/mol. The fourth-order valence-corrected chi connectivity index (χ4v) is 2.80. The molecule has 0 spiro atoms. The van der Waals surface area contributed by atoms with Gasteiger partial charge in [-0.2, -0.15) is 0 Å². The van der Waals surface area contributed by atoms with Crippen molar-refractivity contribution in [1.29, 1.82) is 0 Å². The molecule has 1 aliphatic rings. The van der Waals surface area contributed by atoms with Gasteiger partial charge in [0, 0.05) is 16.6 Å². The highest BCUT2D eigenvalue weighted by Crippen LogP contribution is 2.31. The van der Waals surface area contributed by atoms with Crippen molar-refractivity contribution in [2.45, 2.75) is 32.2 Å². The predicted octanol–water partition coefficient (Wildman–Crippen LogP) is 3.57. The third-order valence-corrected chi connectivity index (χ3v) is 3.80. The number of halogens is 2. The Balaban J connectivity index is 2.22. The van der Waals surface area contributed by atoms with E-state index in [0.717, 1.165) is 25.9 Å². The number of carbonyl (C=O) groups is 1. The largest absolute Gasteiger partial charge is 0.466 e. The summed E-state index contributed by atoms with van der Waals surface area (Å²) in [7, 11) is 0. The van der Waals surface area contributed by atoms with Crippen molar-refractivity contribution in [3.63, 3.8) is 0 Å². The van der Waals surface area contributed by atoms with Crippen LogP contribution in [0.4, 0.5) is 4.39 Å². The lowest BCUT2D eigenvalue weighted by atomic mass is 10.0. The van der Waals surface area contributed by atoms with E-state index in [4.69, 9.17) is 16.3 Å². The molecule has 1 saturated heterocycles. The lowest BCUT2D eigenvalue weighted by molar-refractivity contribution is -0.144. The van der Waals surface area contributed by atoms with E-state index >= 15 is 0 Å². The Labute approximate surface area is 123 Å². The number of benzene rings is 1. The zero-order chi connectivity index (χ0) is 14.5. The number of rotatable bonds is 5. The minimum Gasteiger partial charge on any atom is -0.466 e. The first-order valence-corrected chi connectivity index (χ1v) is 7.34. The molecule has 0 N–H and O–H groups in total. The van der Waals surface area contributed by atoms with Crippen LogP contribution in [0.1, 0.15) is 37.8 Å². The van der Waals surface area contributed by atoms with Crippen LogP contribution in [0.25, 0.3) is 0 Å². The second-order valence-corrected chi connectivity index (χ2v) is 5.37. The van der Waals surface area contributed by atoms with Crippen molar-refractivity contribution in [2.75, 3.05) is 19.7 Å². The molecule has 0 radical (unpaired) electrons. The Morgan fingerprint density at radius 2 is 2.15 bits per heavy atom. The average Bonchev–Trinajstić information content (AvgIpc) is 2.90. The quantitative estimate of drug-likeness (QED) is 0.779. The van der Waals surface area contributed by atoms with E-state index in [1.165, 1.54) is 6.07 Å². The van der Waals surface area contributed by atoms with Crippen LogP contribution in [-0.4, -0.2) is 30.6 Å². The molecule has 1 aromatic rings. The Bertz CT molecular complexity index is 475. The second kappa shape index (κ2) is 7.04. The van der Waals surface area contributed by atoms with Crippen molar-refractivity contribution in [3.8, 4) is 0 Å². The number of esters is 1. The van der Waals surface area contributed by atoms with Gasteiger partial charge >= 0.3 is 5.97 Å². The van der Waals surface area contributed by atoms with E-state index in [1.807, 2.05) is 0 Å². The summed E-state index contributed by atoms with van der Waals surface area (Å²) in [5.74, 6) is -0.655. The Hall–Kier alpha value is -1.13. The standard InChI is InChI=1S/C15H19ClFNO2/c1-2-20-15(19)10-14(18-7-3-4-8-18)12-6-5-11(16)9-13(12)17/h5-6,9,14H,2-4,7-8,10H2,1H3. The Morgan fingerprint density at radius 1 is 1.45 bits per heavy atom. The lowest BCUT2D eigenvalue weighted by Crippen LogP contribution is -2.29. The Morgan fingerprint density at radius 3 is 2.75 bits per heavy atom. The number of carbonyl (C=O) groups excluding carboxylic acids is 1. The Kier molecular flexibility index (Phi) is 5.38. The van der Waals surface area contributed by atoms with Crippen LogP contribution in [0.2, 0.25) is 5.02 Å². The number of ether oxygens (including phenoxy) is 1. The van der Waals surface area contributed by atoms with E-state index in [2.05, 4.69) is 4.90 Å². The SMILES string of the molecule is CCOC(=O)CC(c1ccc(Cl)cc1F)N1CCCC1. The molecule has 1 aromatic carbocycles. The van der Waals surface area contributed by atoms with Gasteiger partial charge in [0.05, 0.1) is 13.0 Å². The molecule has 0 aromatic heterocycles. The van der Waals surface area contributed by atoms with E-state index in [-0.39, 0.29) is 24.2 Å². The minimum absolute atomic E-state index is 0.173. The first-order valence-electron chi connectivity index (χ1n) is 6.96. The van der Waals surface area contributed by atoms with Crippen molar-refractivity contribution in [3.05, 3.63) is 34.6 Å². The van der Waals surface area contributed by atoms with Crippen LogP contribution >= 0.6 is 11.6 Å². The maximum absolute atomic E-state index is 14.1. The zero-order valence-corrected chi connectivity index (χ0v) is 12.3. The van der Waals surface area contributed by atoms with Gasteiger partial charge in [-0.05, 0) is 45.0 Å². The van der Waals surface area contributed by atoms with E-state index in [9.17, 15) is 9.18 Å². The van der Waals surface area contributed by atoms with Gasteiger partial charge in [-0.25, -0.2) is 4.39 Å². The highest BCUT2D eigenvalue weighted by Gasteiger charge is 2.28. The molecule has 1 heterocycles. The van der Waals surface area contributed by atoms with Crippen LogP contribution in [0.15, 0.2) is 18.2 Å². The van der Waals surface area contributed by atoms with Gasteiger partial charge in [0.2, 0.25) is 0 Å². The third-order valence-electron chi connectivity index (χ3n) is 3.57. The molecular formula is C15H19ClFNO2. The summed E-state index contributed by atoms with van der Waals surface area (Å²) in [6.45, 7) is 3.87. The number of likely N-dealkylation sites (tertiary alicyclic amines) is 1. The molecule has 1 unspecified atom stereocenters. The molecule has 2 rings (SSSR count). The zero-order valence-electron chi connectivity index (χ0n) is 11.6. The summed E-state index contributed by atoms with van der Waals surface area (Å²) in [5.41, 5.74) is 0.518. The van der Waals surface area contributed by atoms with Crippen molar-refractivity contribution in [2.24, 2.45) is 0 Å². The van der Waals surface area contributed by atoms with Gasteiger partial charge in [-0.15, -0.1) is 0 Å². The average molecular weight is 300 g/mol. The van der Waals surface area contributed by atoms with Crippen LogP contribution < -0.4 is 0 Å².